The summed E-state index contributed by atoms with van der Waals surface area (Å²) in [6.07, 6.45) is 1.47. The number of hydrogen-bond donors (Lipinski definition) is 1. The Balaban J connectivity index is 2.01. The number of nitrogens with two attached hydrogens (primary N) is 1. The minimum Gasteiger partial charge on any atom is -0.369 e. The Hall–Kier alpha value is -1.99. The summed E-state index contributed by atoms with van der Waals surface area (Å²) in [5.41, 5.74) is 6.89. The van der Waals surface area contributed by atoms with Crippen molar-refractivity contribution in [3.8, 4) is 10.4 Å². The first-order valence-corrected chi connectivity index (χ1v) is 7.85. The van der Waals surface area contributed by atoms with Gasteiger partial charge in [0.2, 0.25) is 5.91 Å². The highest BCUT2D eigenvalue weighted by molar-refractivity contribution is 8.00. The van der Waals surface area contributed by atoms with Crippen LogP contribution < -0.4 is 5.73 Å². The van der Waals surface area contributed by atoms with Gasteiger partial charge in [0.05, 0.1) is 16.0 Å². The van der Waals surface area contributed by atoms with E-state index < -0.39 is 0 Å². The monoisotopic (exact) mass is 319 g/mol. The molecule has 0 atom stereocenters. The van der Waals surface area contributed by atoms with E-state index in [9.17, 15) is 9.18 Å². The maximum absolute atomic E-state index is 13.0. The van der Waals surface area contributed by atoms with E-state index in [4.69, 9.17) is 5.73 Å². The number of carbonyl (C=O) groups is 1. The molecule has 0 bridgehead atoms. The summed E-state index contributed by atoms with van der Waals surface area (Å²) in [4.78, 5) is 20.3. The van der Waals surface area contributed by atoms with E-state index >= 15 is 0 Å². The predicted molar refractivity (Wildman–Crippen MR) is 82.7 cm³/mol. The van der Waals surface area contributed by atoms with Crippen molar-refractivity contribution in [1.29, 1.82) is 0 Å². The number of thioether (sulfide) groups is 1. The number of halogens is 1. The van der Waals surface area contributed by atoms with Crippen LogP contribution in [-0.2, 0) is 4.79 Å². The number of fused-ring (bicyclic) bond motifs is 1. The van der Waals surface area contributed by atoms with Crippen LogP contribution in [0.5, 0.6) is 0 Å². The summed E-state index contributed by atoms with van der Waals surface area (Å²) in [7, 11) is 0. The Kier molecular flexibility index (Phi) is 3.85. The number of nitrogens with zero attached hydrogens (tertiary/aromatic N) is 2. The van der Waals surface area contributed by atoms with Crippen LogP contribution in [0.3, 0.4) is 0 Å². The predicted octanol–water partition coefficient (Wildman–Crippen LogP) is 3.07. The van der Waals surface area contributed by atoms with Crippen molar-refractivity contribution >= 4 is 39.2 Å². The van der Waals surface area contributed by atoms with Gasteiger partial charge in [-0.2, -0.15) is 0 Å². The van der Waals surface area contributed by atoms with Crippen molar-refractivity contribution < 1.29 is 9.18 Å². The molecule has 7 heteroatoms. The molecular formula is C14H10FN3OS2. The first kappa shape index (κ1) is 14.0. The van der Waals surface area contributed by atoms with Gasteiger partial charge in [-0.1, -0.05) is 23.9 Å². The van der Waals surface area contributed by atoms with Crippen LogP contribution in [0.1, 0.15) is 0 Å². The Morgan fingerprint density at radius 3 is 2.76 bits per heavy atom. The number of carbonyl (C=O) groups excluding carboxylic acids is 1. The number of rotatable bonds is 4. The third kappa shape index (κ3) is 3.03. The molecule has 0 fully saturated rings. The molecule has 4 nitrogen and oxygen atoms in total. The highest BCUT2D eigenvalue weighted by Gasteiger charge is 2.11. The fourth-order valence-electron chi connectivity index (χ4n) is 1.83. The van der Waals surface area contributed by atoms with Crippen LogP contribution >= 0.6 is 23.1 Å². The fraction of sp³-hybridized carbons (Fsp3) is 0.0714. The van der Waals surface area contributed by atoms with E-state index in [0.29, 0.717) is 0 Å². The topological polar surface area (TPSA) is 68.9 Å². The zero-order valence-electron chi connectivity index (χ0n) is 10.7. The van der Waals surface area contributed by atoms with Gasteiger partial charge in [0.15, 0.2) is 0 Å². The van der Waals surface area contributed by atoms with Gasteiger partial charge in [-0.05, 0) is 23.8 Å². The molecular weight excluding hydrogens is 309 g/mol. The summed E-state index contributed by atoms with van der Waals surface area (Å²) in [6, 6.07) is 8.24. The minimum absolute atomic E-state index is 0.176. The zero-order valence-corrected chi connectivity index (χ0v) is 12.4. The van der Waals surface area contributed by atoms with Crippen molar-refractivity contribution in [2.45, 2.75) is 5.03 Å². The third-order valence-corrected chi connectivity index (χ3v) is 5.08. The molecule has 0 aliphatic carbocycles. The van der Waals surface area contributed by atoms with Crippen LogP contribution in [0, 0.1) is 5.82 Å². The van der Waals surface area contributed by atoms with Crippen molar-refractivity contribution in [2.24, 2.45) is 5.73 Å². The Bertz CT molecular complexity index is 802. The lowest BCUT2D eigenvalue weighted by Crippen LogP contribution is -2.13. The van der Waals surface area contributed by atoms with Crippen molar-refractivity contribution in [3.63, 3.8) is 0 Å². The van der Waals surface area contributed by atoms with Gasteiger partial charge in [-0.25, -0.2) is 14.4 Å². The van der Waals surface area contributed by atoms with Crippen molar-refractivity contribution in [3.05, 3.63) is 42.5 Å². The van der Waals surface area contributed by atoms with E-state index in [0.717, 1.165) is 25.7 Å². The Morgan fingerprint density at radius 1 is 1.29 bits per heavy atom. The lowest BCUT2D eigenvalue weighted by molar-refractivity contribution is -0.115. The molecule has 2 heterocycles. The number of thiophene rings is 1. The summed E-state index contributed by atoms with van der Waals surface area (Å²) in [5.74, 6) is -0.477. The fourth-order valence-corrected chi connectivity index (χ4v) is 3.77. The second kappa shape index (κ2) is 5.79. The standard InChI is InChI=1S/C14H10FN3OS2/c15-9-3-1-8(2-4-9)11-5-10-13(21-11)14(18-7-17-10)20-6-12(16)19/h1-5,7H,6H2,(H2,16,19). The summed E-state index contributed by atoms with van der Waals surface area (Å²) in [6.45, 7) is 0. The number of benzene rings is 1. The molecule has 0 saturated carbocycles. The average Bonchev–Trinajstić information content (AvgIpc) is 2.90. The molecule has 2 N–H and O–H groups in total. The number of primary amides is 1. The summed E-state index contributed by atoms with van der Waals surface area (Å²) in [5, 5.41) is 0.733. The van der Waals surface area contributed by atoms with Crippen LogP contribution in [-0.4, -0.2) is 21.6 Å². The highest BCUT2D eigenvalue weighted by atomic mass is 32.2. The molecule has 0 spiro atoms. The lowest BCUT2D eigenvalue weighted by Gasteiger charge is -1.98. The van der Waals surface area contributed by atoms with Crippen LogP contribution in [0.15, 0.2) is 41.7 Å². The molecule has 21 heavy (non-hydrogen) atoms. The first-order chi connectivity index (χ1) is 10.1. The molecule has 1 amide bonds. The quantitative estimate of drug-likeness (QED) is 0.593. The molecule has 0 unspecified atom stereocenters. The number of amides is 1. The minimum atomic E-state index is -0.387. The van der Waals surface area contributed by atoms with E-state index in [1.807, 2.05) is 6.07 Å². The van der Waals surface area contributed by atoms with E-state index in [1.54, 1.807) is 12.1 Å². The van der Waals surface area contributed by atoms with Gasteiger partial charge in [0, 0.05) is 4.88 Å². The average molecular weight is 319 g/mol. The van der Waals surface area contributed by atoms with Crippen LogP contribution in [0.25, 0.3) is 20.7 Å². The molecule has 2 aromatic heterocycles. The molecule has 0 aliphatic heterocycles. The first-order valence-electron chi connectivity index (χ1n) is 6.05. The Labute approximate surface area is 128 Å². The molecule has 3 aromatic rings. The molecule has 0 saturated heterocycles. The van der Waals surface area contributed by atoms with E-state index in [1.165, 1.54) is 41.6 Å². The van der Waals surface area contributed by atoms with E-state index in [-0.39, 0.29) is 17.5 Å². The molecule has 106 valence electrons. The summed E-state index contributed by atoms with van der Waals surface area (Å²) >= 11 is 2.81. The van der Waals surface area contributed by atoms with Gasteiger partial charge < -0.3 is 5.73 Å². The highest BCUT2D eigenvalue weighted by Crippen LogP contribution is 2.36. The molecule has 3 rings (SSSR count). The van der Waals surface area contributed by atoms with Crippen LogP contribution in [0.4, 0.5) is 4.39 Å². The summed E-state index contributed by atoms with van der Waals surface area (Å²) < 4.78 is 13.9. The molecule has 0 radical (unpaired) electrons. The van der Waals surface area contributed by atoms with Gasteiger partial charge in [0.25, 0.3) is 0 Å². The second-order valence-electron chi connectivity index (χ2n) is 4.27. The molecule has 1 aromatic carbocycles. The van der Waals surface area contributed by atoms with Crippen LogP contribution in [0.2, 0.25) is 0 Å². The lowest BCUT2D eigenvalue weighted by atomic mass is 10.2. The number of hydrogen-bond acceptors (Lipinski definition) is 5. The van der Waals surface area contributed by atoms with E-state index in [2.05, 4.69) is 9.97 Å². The van der Waals surface area contributed by atoms with Gasteiger partial charge in [-0.3, -0.25) is 4.79 Å². The third-order valence-electron chi connectivity index (χ3n) is 2.76. The van der Waals surface area contributed by atoms with Gasteiger partial charge in [-0.15, -0.1) is 11.3 Å². The van der Waals surface area contributed by atoms with Crippen molar-refractivity contribution in [2.75, 3.05) is 5.75 Å². The SMILES string of the molecule is NC(=O)CSc1ncnc2cc(-c3ccc(F)cc3)sc12. The number of aromatic nitrogens is 2. The Morgan fingerprint density at radius 2 is 2.05 bits per heavy atom. The largest absolute Gasteiger partial charge is 0.369 e. The van der Waals surface area contributed by atoms with Gasteiger partial charge in [0.1, 0.15) is 17.2 Å². The normalized spacial score (nSPS) is 10.9. The zero-order chi connectivity index (χ0) is 14.8. The second-order valence-corrected chi connectivity index (χ2v) is 6.28. The maximum atomic E-state index is 13.0. The maximum Gasteiger partial charge on any atom is 0.227 e. The smallest absolute Gasteiger partial charge is 0.227 e. The van der Waals surface area contributed by atoms with Gasteiger partial charge >= 0.3 is 0 Å². The molecule has 0 aliphatic rings. The van der Waals surface area contributed by atoms with Crippen molar-refractivity contribution in [1.82, 2.24) is 9.97 Å².